The molecule has 0 bridgehead atoms. The summed E-state index contributed by atoms with van der Waals surface area (Å²) < 4.78 is 26.0. The van der Waals surface area contributed by atoms with Gasteiger partial charge in [0.25, 0.3) is 0 Å². The number of hydrogen-bond acceptors (Lipinski definition) is 4. The molecule has 31 heavy (non-hydrogen) atoms. The molecule has 1 N–H and O–H groups in total. The molecule has 0 aliphatic heterocycles. The largest absolute Gasteiger partial charge is 0.357 e. The van der Waals surface area contributed by atoms with Gasteiger partial charge in [0, 0.05) is 13.6 Å². The number of sulfonamides is 1. The Kier molecular flexibility index (Phi) is 8.34. The summed E-state index contributed by atoms with van der Waals surface area (Å²) in [6, 6.07) is 10.9. The van der Waals surface area contributed by atoms with Crippen molar-refractivity contribution in [2.24, 2.45) is 0 Å². The van der Waals surface area contributed by atoms with Crippen LogP contribution in [0.5, 0.6) is 0 Å². The van der Waals surface area contributed by atoms with E-state index in [2.05, 4.69) is 5.32 Å². The number of carbonyl (C=O) groups excluding carboxylic acids is 2. The van der Waals surface area contributed by atoms with Gasteiger partial charge in [-0.05, 0) is 43.2 Å². The van der Waals surface area contributed by atoms with Crippen LogP contribution in [0, 0.1) is 6.92 Å². The number of halogens is 2. The lowest BCUT2D eigenvalue weighted by molar-refractivity contribution is -0.139. The second-order valence-corrected chi connectivity index (χ2v) is 9.84. The molecular formula is C21H25Cl2N3O4S. The Balaban J connectivity index is 2.41. The number of nitrogens with one attached hydrogen (secondary N) is 1. The number of likely N-dealkylation sites (N-methyl/N-ethyl adjacent to an activating group) is 1. The molecule has 0 fully saturated rings. The van der Waals surface area contributed by atoms with Gasteiger partial charge >= 0.3 is 0 Å². The predicted octanol–water partition coefficient (Wildman–Crippen LogP) is 3.23. The van der Waals surface area contributed by atoms with Gasteiger partial charge < -0.3 is 10.2 Å². The van der Waals surface area contributed by atoms with Crippen LogP contribution in [-0.4, -0.2) is 51.0 Å². The van der Waals surface area contributed by atoms with Crippen molar-refractivity contribution in [2.45, 2.75) is 26.4 Å². The van der Waals surface area contributed by atoms with Crippen LogP contribution in [0.1, 0.15) is 18.1 Å². The van der Waals surface area contributed by atoms with Crippen molar-refractivity contribution >= 4 is 50.7 Å². The van der Waals surface area contributed by atoms with Crippen molar-refractivity contribution in [2.75, 3.05) is 24.2 Å². The standard InChI is InChI=1S/C21H25Cl2N3O4S/c1-14-7-5-6-8-19(14)26(31(4,29)30)13-20(27)25(15(2)21(28)24-3)12-16-9-10-17(22)18(23)11-16/h5-11,15H,12-13H2,1-4H3,(H,24,28)/t15-/m0/s1. The fourth-order valence-electron chi connectivity index (χ4n) is 3.06. The van der Waals surface area contributed by atoms with Gasteiger partial charge in [-0.15, -0.1) is 0 Å². The molecule has 168 valence electrons. The predicted molar refractivity (Wildman–Crippen MR) is 124 cm³/mol. The van der Waals surface area contributed by atoms with E-state index < -0.39 is 28.5 Å². The maximum Gasteiger partial charge on any atom is 0.244 e. The van der Waals surface area contributed by atoms with E-state index in [-0.39, 0.29) is 12.5 Å². The minimum absolute atomic E-state index is 0.0513. The van der Waals surface area contributed by atoms with Crippen LogP contribution in [0.4, 0.5) is 5.69 Å². The number of rotatable bonds is 8. The molecule has 0 spiro atoms. The molecule has 0 saturated heterocycles. The number of hydrogen-bond donors (Lipinski definition) is 1. The molecule has 0 aromatic heterocycles. The molecule has 0 saturated carbocycles. The molecule has 10 heteroatoms. The Hall–Kier alpha value is -2.29. The molecule has 0 heterocycles. The molecule has 0 radical (unpaired) electrons. The van der Waals surface area contributed by atoms with Crippen molar-refractivity contribution in [1.29, 1.82) is 0 Å². The second-order valence-electron chi connectivity index (χ2n) is 7.12. The van der Waals surface area contributed by atoms with Gasteiger partial charge in [0.05, 0.1) is 22.0 Å². The number of amides is 2. The molecule has 1 atom stereocenters. The zero-order valence-corrected chi connectivity index (χ0v) is 20.1. The fraction of sp³-hybridized carbons (Fsp3) is 0.333. The molecule has 0 aliphatic carbocycles. The lowest BCUT2D eigenvalue weighted by Gasteiger charge is -2.31. The molecule has 2 rings (SSSR count). The lowest BCUT2D eigenvalue weighted by atomic mass is 10.1. The Labute approximate surface area is 193 Å². The summed E-state index contributed by atoms with van der Waals surface area (Å²) in [6.07, 6.45) is 1.04. The summed E-state index contributed by atoms with van der Waals surface area (Å²) in [4.78, 5) is 26.9. The highest BCUT2D eigenvalue weighted by molar-refractivity contribution is 7.92. The van der Waals surface area contributed by atoms with E-state index in [1.807, 2.05) is 0 Å². The van der Waals surface area contributed by atoms with Crippen LogP contribution in [0.25, 0.3) is 0 Å². The summed E-state index contributed by atoms with van der Waals surface area (Å²) >= 11 is 12.1. The minimum Gasteiger partial charge on any atom is -0.357 e. The fourth-order valence-corrected chi connectivity index (χ4v) is 4.29. The zero-order chi connectivity index (χ0) is 23.3. The Morgan fingerprint density at radius 3 is 2.29 bits per heavy atom. The third-order valence-electron chi connectivity index (χ3n) is 4.81. The van der Waals surface area contributed by atoms with Gasteiger partial charge in [0.15, 0.2) is 0 Å². The molecule has 2 aromatic carbocycles. The van der Waals surface area contributed by atoms with E-state index >= 15 is 0 Å². The van der Waals surface area contributed by atoms with Crippen LogP contribution < -0.4 is 9.62 Å². The second kappa shape index (κ2) is 10.3. The van der Waals surface area contributed by atoms with Gasteiger partial charge in [-0.25, -0.2) is 8.42 Å². The van der Waals surface area contributed by atoms with E-state index in [9.17, 15) is 18.0 Å². The Morgan fingerprint density at radius 1 is 1.10 bits per heavy atom. The maximum absolute atomic E-state index is 13.3. The first kappa shape index (κ1) is 25.0. The topological polar surface area (TPSA) is 86.8 Å². The van der Waals surface area contributed by atoms with E-state index in [0.29, 0.717) is 26.9 Å². The number of anilines is 1. The highest BCUT2D eigenvalue weighted by Gasteiger charge is 2.30. The average molecular weight is 486 g/mol. The van der Waals surface area contributed by atoms with Gasteiger partial charge in [-0.1, -0.05) is 47.5 Å². The van der Waals surface area contributed by atoms with E-state index in [1.54, 1.807) is 56.3 Å². The van der Waals surface area contributed by atoms with Crippen LogP contribution in [0.15, 0.2) is 42.5 Å². The third-order valence-corrected chi connectivity index (χ3v) is 6.68. The quantitative estimate of drug-likeness (QED) is 0.621. The number of aryl methyl sites for hydroxylation is 1. The number of carbonyl (C=O) groups is 2. The Bertz CT molecular complexity index is 1080. The van der Waals surface area contributed by atoms with Crippen molar-refractivity contribution in [3.63, 3.8) is 0 Å². The van der Waals surface area contributed by atoms with Crippen molar-refractivity contribution in [1.82, 2.24) is 10.2 Å². The van der Waals surface area contributed by atoms with Crippen LogP contribution in [-0.2, 0) is 26.2 Å². The lowest BCUT2D eigenvalue weighted by Crippen LogP contribution is -2.50. The minimum atomic E-state index is -3.76. The first-order chi connectivity index (χ1) is 14.5. The highest BCUT2D eigenvalue weighted by Crippen LogP contribution is 2.25. The van der Waals surface area contributed by atoms with Crippen LogP contribution in [0.2, 0.25) is 10.0 Å². The van der Waals surface area contributed by atoms with E-state index in [4.69, 9.17) is 23.2 Å². The number of benzene rings is 2. The van der Waals surface area contributed by atoms with Crippen molar-refractivity contribution < 1.29 is 18.0 Å². The van der Waals surface area contributed by atoms with Gasteiger partial charge in [0.2, 0.25) is 21.8 Å². The van der Waals surface area contributed by atoms with Gasteiger partial charge in [-0.3, -0.25) is 13.9 Å². The summed E-state index contributed by atoms with van der Waals surface area (Å²) in [7, 11) is -2.29. The number of para-hydroxylation sites is 1. The highest BCUT2D eigenvalue weighted by atomic mass is 35.5. The summed E-state index contributed by atoms with van der Waals surface area (Å²) in [5.74, 6) is -0.911. The normalized spacial score (nSPS) is 12.2. The first-order valence-corrected chi connectivity index (χ1v) is 12.0. The monoisotopic (exact) mass is 485 g/mol. The van der Waals surface area contributed by atoms with E-state index in [0.717, 1.165) is 10.6 Å². The molecule has 0 unspecified atom stereocenters. The molecule has 0 aliphatic rings. The van der Waals surface area contributed by atoms with Gasteiger partial charge in [-0.2, -0.15) is 0 Å². The maximum atomic E-state index is 13.3. The summed E-state index contributed by atoms with van der Waals surface area (Å²) in [5, 5.41) is 3.20. The van der Waals surface area contributed by atoms with Gasteiger partial charge in [0.1, 0.15) is 12.6 Å². The Morgan fingerprint density at radius 2 is 1.74 bits per heavy atom. The van der Waals surface area contributed by atoms with Crippen molar-refractivity contribution in [3.8, 4) is 0 Å². The number of nitrogens with zero attached hydrogens (tertiary/aromatic N) is 2. The van der Waals surface area contributed by atoms with E-state index in [1.165, 1.54) is 11.9 Å². The molecular weight excluding hydrogens is 461 g/mol. The average Bonchev–Trinajstić information content (AvgIpc) is 2.71. The SMILES string of the molecule is CNC(=O)[C@H](C)N(Cc1ccc(Cl)c(Cl)c1)C(=O)CN(c1ccccc1C)S(C)(=O)=O. The summed E-state index contributed by atoms with van der Waals surface area (Å²) in [5.41, 5.74) is 1.76. The first-order valence-electron chi connectivity index (χ1n) is 9.44. The zero-order valence-electron chi connectivity index (χ0n) is 17.7. The summed E-state index contributed by atoms with van der Waals surface area (Å²) in [6.45, 7) is 2.94. The molecule has 7 nitrogen and oxygen atoms in total. The smallest absolute Gasteiger partial charge is 0.244 e. The molecule has 2 amide bonds. The van der Waals surface area contributed by atoms with Crippen molar-refractivity contribution in [3.05, 3.63) is 63.6 Å². The third kappa shape index (κ3) is 6.35. The van der Waals surface area contributed by atoms with Crippen LogP contribution >= 0.6 is 23.2 Å². The molecule has 2 aromatic rings. The van der Waals surface area contributed by atoms with Crippen LogP contribution in [0.3, 0.4) is 0 Å².